The highest BCUT2D eigenvalue weighted by Gasteiger charge is 2.42. The second kappa shape index (κ2) is 6.65. The number of nitrogens with zero attached hydrogens (tertiary/aromatic N) is 5. The van der Waals surface area contributed by atoms with E-state index in [-0.39, 0.29) is 24.9 Å². The molecule has 2 aromatic rings. The lowest BCUT2D eigenvalue weighted by atomic mass is 10.00. The highest BCUT2D eigenvalue weighted by molar-refractivity contribution is 5.94. The molecule has 1 fully saturated rings. The van der Waals surface area contributed by atoms with Gasteiger partial charge in [-0.25, -0.2) is 4.68 Å². The van der Waals surface area contributed by atoms with Crippen LogP contribution in [0.3, 0.4) is 0 Å². The zero-order valence-electron chi connectivity index (χ0n) is 14.4. The third kappa shape index (κ3) is 3.39. The van der Waals surface area contributed by atoms with Crippen molar-refractivity contribution in [2.75, 3.05) is 13.1 Å². The van der Waals surface area contributed by atoms with Crippen molar-refractivity contribution in [2.24, 2.45) is 0 Å². The topological polar surface area (TPSA) is 95.0 Å². The van der Waals surface area contributed by atoms with Gasteiger partial charge in [-0.05, 0) is 31.5 Å². The Balaban J connectivity index is 1.76. The number of amides is 1. The molecule has 0 spiro atoms. The summed E-state index contributed by atoms with van der Waals surface area (Å²) in [7, 11) is 0. The average Bonchev–Trinajstić information content (AvgIpc) is 3.23. The van der Waals surface area contributed by atoms with Gasteiger partial charge in [0.15, 0.2) is 0 Å². The number of benzene rings is 1. The minimum atomic E-state index is -1.17. The minimum absolute atomic E-state index is 0.146. The molecule has 1 saturated heterocycles. The fourth-order valence-corrected chi connectivity index (χ4v) is 3.01. The molecule has 1 aromatic heterocycles. The fraction of sp³-hybridized carbons (Fsp3) is 0.444. The summed E-state index contributed by atoms with van der Waals surface area (Å²) in [6.45, 7) is 4.61. The van der Waals surface area contributed by atoms with Gasteiger partial charge in [-0.1, -0.05) is 17.3 Å². The zero-order chi connectivity index (χ0) is 18.0. The Hall–Kier alpha value is -2.72. The van der Waals surface area contributed by atoms with Crippen molar-refractivity contribution in [1.29, 1.82) is 5.26 Å². The van der Waals surface area contributed by atoms with E-state index >= 15 is 0 Å². The van der Waals surface area contributed by atoms with Crippen molar-refractivity contribution in [2.45, 2.75) is 38.3 Å². The maximum absolute atomic E-state index is 12.7. The van der Waals surface area contributed by atoms with Crippen molar-refractivity contribution in [3.63, 3.8) is 0 Å². The smallest absolute Gasteiger partial charge is 0.253 e. The number of carbonyl (C=O) groups excluding carboxylic acids is 1. The van der Waals surface area contributed by atoms with Crippen LogP contribution in [0.4, 0.5) is 0 Å². The molecule has 1 atom stereocenters. The number of nitriles is 1. The molecule has 7 heteroatoms. The Morgan fingerprint density at radius 2 is 2.28 bits per heavy atom. The van der Waals surface area contributed by atoms with Gasteiger partial charge in [0, 0.05) is 24.6 Å². The second-order valence-electron chi connectivity index (χ2n) is 6.72. The van der Waals surface area contributed by atoms with Gasteiger partial charge in [0.1, 0.15) is 11.3 Å². The molecule has 1 aromatic carbocycles. The number of hydrogen-bond acceptors (Lipinski definition) is 5. The van der Waals surface area contributed by atoms with E-state index in [9.17, 15) is 9.90 Å². The Morgan fingerprint density at radius 1 is 1.48 bits per heavy atom. The second-order valence-corrected chi connectivity index (χ2v) is 6.72. The standard InChI is InChI=1S/C18H21N5O2/c1-13(2)23-11-16(20-21-23)18(25)7-9-22(12-18)17(24)15-5-3-4-14(10-15)6-8-19/h3-5,10-11,13,25H,6-7,9,12H2,1-2H3/t18-/m0/s1. The van der Waals surface area contributed by atoms with Crippen LogP contribution in [0.5, 0.6) is 0 Å². The largest absolute Gasteiger partial charge is 0.381 e. The van der Waals surface area contributed by atoms with E-state index in [0.717, 1.165) is 5.56 Å². The van der Waals surface area contributed by atoms with Gasteiger partial charge >= 0.3 is 0 Å². The Bertz CT molecular complexity index is 823. The van der Waals surface area contributed by atoms with E-state index in [4.69, 9.17) is 5.26 Å². The lowest BCUT2D eigenvalue weighted by Crippen LogP contribution is -2.34. The third-order valence-electron chi connectivity index (χ3n) is 4.51. The molecule has 7 nitrogen and oxygen atoms in total. The lowest BCUT2D eigenvalue weighted by molar-refractivity contribution is 0.0381. The van der Waals surface area contributed by atoms with E-state index in [0.29, 0.717) is 24.2 Å². The first-order valence-corrected chi connectivity index (χ1v) is 8.33. The first-order valence-electron chi connectivity index (χ1n) is 8.33. The van der Waals surface area contributed by atoms with E-state index in [1.165, 1.54) is 0 Å². The van der Waals surface area contributed by atoms with Crippen LogP contribution in [0.25, 0.3) is 0 Å². The van der Waals surface area contributed by atoms with E-state index in [1.807, 2.05) is 19.9 Å². The molecule has 0 saturated carbocycles. The van der Waals surface area contributed by atoms with Crippen LogP contribution in [0.15, 0.2) is 30.5 Å². The molecule has 3 rings (SSSR count). The summed E-state index contributed by atoms with van der Waals surface area (Å²) in [4.78, 5) is 14.4. The van der Waals surface area contributed by atoms with Crippen molar-refractivity contribution in [3.05, 3.63) is 47.3 Å². The van der Waals surface area contributed by atoms with Crippen molar-refractivity contribution in [3.8, 4) is 6.07 Å². The van der Waals surface area contributed by atoms with Gasteiger partial charge < -0.3 is 10.0 Å². The van der Waals surface area contributed by atoms with Crippen molar-refractivity contribution in [1.82, 2.24) is 19.9 Å². The molecule has 1 amide bonds. The van der Waals surface area contributed by atoms with Crippen LogP contribution in [-0.2, 0) is 12.0 Å². The summed E-state index contributed by atoms with van der Waals surface area (Å²) < 4.78 is 1.70. The molecule has 1 aliphatic heterocycles. The zero-order valence-corrected chi connectivity index (χ0v) is 14.4. The predicted octanol–water partition coefficient (Wildman–Crippen LogP) is 1.66. The monoisotopic (exact) mass is 339 g/mol. The Kier molecular flexibility index (Phi) is 4.55. The molecule has 2 heterocycles. The molecule has 0 radical (unpaired) electrons. The predicted molar refractivity (Wildman–Crippen MR) is 90.6 cm³/mol. The van der Waals surface area contributed by atoms with E-state index in [1.54, 1.807) is 34.0 Å². The van der Waals surface area contributed by atoms with Gasteiger partial charge in [-0.2, -0.15) is 5.26 Å². The molecular formula is C18H21N5O2. The van der Waals surface area contributed by atoms with Crippen LogP contribution in [0.2, 0.25) is 0 Å². The first-order chi connectivity index (χ1) is 11.9. The van der Waals surface area contributed by atoms with Gasteiger partial charge in [-0.15, -0.1) is 5.10 Å². The molecule has 0 bridgehead atoms. The summed E-state index contributed by atoms with van der Waals surface area (Å²) in [6.07, 6.45) is 2.43. The highest BCUT2D eigenvalue weighted by Crippen LogP contribution is 2.31. The number of carbonyl (C=O) groups is 1. The fourth-order valence-electron chi connectivity index (χ4n) is 3.01. The quantitative estimate of drug-likeness (QED) is 0.914. The SMILES string of the molecule is CC(C)n1cc([C@]2(O)CCN(C(=O)c3cccc(CC#N)c3)C2)nn1. The summed E-state index contributed by atoms with van der Waals surface area (Å²) in [5, 5.41) is 27.8. The average molecular weight is 339 g/mol. The van der Waals surface area contributed by atoms with Crippen LogP contribution < -0.4 is 0 Å². The summed E-state index contributed by atoms with van der Waals surface area (Å²) in [5.74, 6) is -0.146. The highest BCUT2D eigenvalue weighted by atomic mass is 16.3. The molecular weight excluding hydrogens is 318 g/mol. The van der Waals surface area contributed by atoms with Crippen molar-refractivity contribution < 1.29 is 9.90 Å². The molecule has 0 unspecified atom stereocenters. The minimum Gasteiger partial charge on any atom is -0.381 e. The maximum Gasteiger partial charge on any atom is 0.253 e. The number of aliphatic hydroxyl groups is 1. The Morgan fingerprint density at radius 3 is 2.96 bits per heavy atom. The number of hydrogen-bond donors (Lipinski definition) is 1. The first kappa shape index (κ1) is 17.1. The van der Waals surface area contributed by atoms with Crippen molar-refractivity contribution >= 4 is 5.91 Å². The normalized spacial score (nSPS) is 20.0. The number of β-amino-alcohol motifs (C(OH)–C–C–N with tert-alkyl or cyclic N) is 1. The third-order valence-corrected chi connectivity index (χ3v) is 4.51. The molecule has 130 valence electrons. The van der Waals surface area contributed by atoms with E-state index in [2.05, 4.69) is 16.4 Å². The van der Waals surface area contributed by atoms with Crippen LogP contribution >= 0.6 is 0 Å². The molecule has 1 aliphatic rings. The molecule has 25 heavy (non-hydrogen) atoms. The number of aromatic nitrogens is 3. The molecule has 0 aliphatic carbocycles. The van der Waals surface area contributed by atoms with Gasteiger partial charge in [0.2, 0.25) is 0 Å². The number of rotatable bonds is 4. The Labute approximate surface area is 146 Å². The summed E-state index contributed by atoms with van der Waals surface area (Å²) in [5.41, 5.74) is 0.660. The maximum atomic E-state index is 12.7. The lowest BCUT2D eigenvalue weighted by Gasteiger charge is -2.21. The molecule has 1 N–H and O–H groups in total. The van der Waals surface area contributed by atoms with E-state index < -0.39 is 5.60 Å². The summed E-state index contributed by atoms with van der Waals surface area (Å²) in [6, 6.07) is 9.31. The number of likely N-dealkylation sites (tertiary alicyclic amines) is 1. The van der Waals surface area contributed by atoms with Gasteiger partial charge in [-0.3, -0.25) is 4.79 Å². The summed E-state index contributed by atoms with van der Waals surface area (Å²) >= 11 is 0. The van der Waals surface area contributed by atoms with Gasteiger partial charge in [0.05, 0.1) is 25.2 Å². The van der Waals surface area contributed by atoms with Crippen LogP contribution in [0.1, 0.15) is 47.9 Å². The van der Waals surface area contributed by atoms with Crippen LogP contribution in [0, 0.1) is 11.3 Å². The van der Waals surface area contributed by atoms with Gasteiger partial charge in [0.25, 0.3) is 5.91 Å². The van der Waals surface area contributed by atoms with Crippen LogP contribution in [-0.4, -0.2) is 44.0 Å².